The lowest BCUT2D eigenvalue weighted by atomic mass is 10.0. The number of anilines is 1. The van der Waals surface area contributed by atoms with E-state index < -0.39 is 0 Å². The van der Waals surface area contributed by atoms with Crippen LogP contribution in [0, 0.1) is 0 Å². The predicted octanol–water partition coefficient (Wildman–Crippen LogP) is 2.88. The maximum absolute atomic E-state index is 12.1. The van der Waals surface area contributed by atoms with Gasteiger partial charge in [0.15, 0.2) is 0 Å². The van der Waals surface area contributed by atoms with Gasteiger partial charge < -0.3 is 20.1 Å². The molecule has 0 radical (unpaired) electrons. The molecule has 0 spiro atoms. The Hall–Kier alpha value is -1.30. The molecule has 1 fully saturated rings. The van der Waals surface area contributed by atoms with E-state index in [-0.39, 0.29) is 24.4 Å². The van der Waals surface area contributed by atoms with Crippen molar-refractivity contribution in [2.75, 3.05) is 25.1 Å². The molecule has 2 aliphatic rings. The van der Waals surface area contributed by atoms with E-state index >= 15 is 0 Å². The number of benzene rings is 1. The molecule has 2 heterocycles. The first-order valence-electron chi connectivity index (χ1n) is 8.19. The van der Waals surface area contributed by atoms with Crippen molar-refractivity contribution < 1.29 is 14.3 Å². The fraction of sp³-hybridized carbons (Fsp3) is 0.588. The second-order valence-electron chi connectivity index (χ2n) is 5.92. The van der Waals surface area contributed by atoms with Crippen LogP contribution in [-0.4, -0.2) is 31.8 Å². The zero-order chi connectivity index (χ0) is 15.2. The van der Waals surface area contributed by atoms with E-state index in [1.165, 1.54) is 6.42 Å². The number of ether oxygens (including phenoxy) is 2. The molecule has 2 aliphatic heterocycles. The molecular formula is C17H25ClN2O3. The zero-order valence-corrected chi connectivity index (χ0v) is 14.1. The van der Waals surface area contributed by atoms with Gasteiger partial charge in [0.1, 0.15) is 12.4 Å². The van der Waals surface area contributed by atoms with Gasteiger partial charge in [0.2, 0.25) is 5.91 Å². The van der Waals surface area contributed by atoms with Crippen LogP contribution in [0.1, 0.15) is 37.7 Å². The molecule has 1 aromatic carbocycles. The van der Waals surface area contributed by atoms with Gasteiger partial charge >= 0.3 is 0 Å². The van der Waals surface area contributed by atoms with Gasteiger partial charge in [0, 0.05) is 37.4 Å². The average Bonchev–Trinajstić information content (AvgIpc) is 2.79. The maximum Gasteiger partial charge on any atom is 0.224 e. The third-order valence-corrected chi connectivity index (χ3v) is 4.16. The molecule has 23 heavy (non-hydrogen) atoms. The second-order valence-corrected chi connectivity index (χ2v) is 5.92. The van der Waals surface area contributed by atoms with Gasteiger partial charge in [-0.25, -0.2) is 0 Å². The SMILES string of the molecule is Cl.O=C(CCC1CCCCO1)Nc1ccc2c(c1)CNCCO2. The van der Waals surface area contributed by atoms with Crippen LogP contribution in [0.15, 0.2) is 18.2 Å². The predicted molar refractivity (Wildman–Crippen MR) is 92.3 cm³/mol. The summed E-state index contributed by atoms with van der Waals surface area (Å²) in [5.41, 5.74) is 1.92. The number of hydrogen-bond donors (Lipinski definition) is 2. The summed E-state index contributed by atoms with van der Waals surface area (Å²) >= 11 is 0. The van der Waals surface area contributed by atoms with Crippen LogP contribution in [0.5, 0.6) is 5.75 Å². The van der Waals surface area contributed by atoms with E-state index in [1.807, 2.05) is 18.2 Å². The molecule has 5 nitrogen and oxygen atoms in total. The standard InChI is InChI=1S/C17H24N2O3.ClH/c20-17(7-5-15-3-1-2-9-21-15)19-14-4-6-16-13(11-14)12-18-8-10-22-16;/h4,6,11,15,18H,1-3,5,7-10,12H2,(H,19,20);1H. The fourth-order valence-electron chi connectivity index (χ4n) is 2.94. The number of amides is 1. The van der Waals surface area contributed by atoms with Gasteiger partial charge in [-0.05, 0) is 43.9 Å². The summed E-state index contributed by atoms with van der Waals surface area (Å²) in [5, 5.41) is 6.27. The van der Waals surface area contributed by atoms with E-state index in [4.69, 9.17) is 9.47 Å². The van der Waals surface area contributed by atoms with Crippen molar-refractivity contribution in [3.8, 4) is 5.75 Å². The van der Waals surface area contributed by atoms with E-state index in [0.29, 0.717) is 13.0 Å². The fourth-order valence-corrected chi connectivity index (χ4v) is 2.94. The number of carbonyl (C=O) groups excluding carboxylic acids is 1. The number of nitrogens with one attached hydrogen (secondary N) is 2. The van der Waals surface area contributed by atoms with E-state index in [9.17, 15) is 4.79 Å². The summed E-state index contributed by atoms with van der Waals surface area (Å²) in [7, 11) is 0. The topological polar surface area (TPSA) is 59.6 Å². The maximum atomic E-state index is 12.1. The van der Waals surface area contributed by atoms with Crippen LogP contribution >= 0.6 is 12.4 Å². The first kappa shape index (κ1) is 18.0. The molecule has 128 valence electrons. The Balaban J connectivity index is 0.00000192. The molecule has 6 heteroatoms. The third-order valence-electron chi connectivity index (χ3n) is 4.16. The lowest BCUT2D eigenvalue weighted by molar-refractivity contribution is -0.117. The highest BCUT2D eigenvalue weighted by molar-refractivity contribution is 5.90. The zero-order valence-electron chi connectivity index (χ0n) is 13.3. The summed E-state index contributed by atoms with van der Waals surface area (Å²) in [6.07, 6.45) is 5.01. The normalized spacial score (nSPS) is 20.4. The second kappa shape index (κ2) is 9.11. The molecule has 1 amide bonds. The highest BCUT2D eigenvalue weighted by Crippen LogP contribution is 2.24. The Morgan fingerprint density at radius 1 is 1.30 bits per heavy atom. The Morgan fingerprint density at radius 3 is 3.04 bits per heavy atom. The van der Waals surface area contributed by atoms with Gasteiger partial charge in [-0.1, -0.05) is 0 Å². The van der Waals surface area contributed by atoms with E-state index in [1.54, 1.807) is 0 Å². The Labute approximate surface area is 143 Å². The molecule has 0 bridgehead atoms. The van der Waals surface area contributed by atoms with Gasteiger partial charge in [-0.15, -0.1) is 12.4 Å². The molecule has 0 aromatic heterocycles. The van der Waals surface area contributed by atoms with Gasteiger partial charge in [-0.2, -0.15) is 0 Å². The smallest absolute Gasteiger partial charge is 0.224 e. The van der Waals surface area contributed by atoms with Crippen molar-refractivity contribution in [3.05, 3.63) is 23.8 Å². The van der Waals surface area contributed by atoms with Crippen LogP contribution in [0.3, 0.4) is 0 Å². The minimum atomic E-state index is 0. The molecule has 2 N–H and O–H groups in total. The Morgan fingerprint density at radius 2 is 2.22 bits per heavy atom. The number of carbonyl (C=O) groups is 1. The third kappa shape index (κ3) is 5.37. The first-order chi connectivity index (χ1) is 10.8. The number of fused-ring (bicyclic) bond motifs is 1. The first-order valence-corrected chi connectivity index (χ1v) is 8.19. The lowest BCUT2D eigenvalue weighted by Crippen LogP contribution is -2.21. The van der Waals surface area contributed by atoms with Crippen LogP contribution in [0.2, 0.25) is 0 Å². The molecule has 0 saturated carbocycles. The van der Waals surface area contributed by atoms with E-state index in [0.717, 1.165) is 56.0 Å². The number of halogens is 1. The van der Waals surface area contributed by atoms with Crippen molar-refractivity contribution in [1.82, 2.24) is 5.32 Å². The Bertz CT molecular complexity index is 519. The summed E-state index contributed by atoms with van der Waals surface area (Å²) in [5.74, 6) is 0.954. The van der Waals surface area contributed by atoms with Crippen molar-refractivity contribution in [3.63, 3.8) is 0 Å². The molecule has 1 atom stereocenters. The van der Waals surface area contributed by atoms with Crippen molar-refractivity contribution in [1.29, 1.82) is 0 Å². The lowest BCUT2D eigenvalue weighted by Gasteiger charge is -2.22. The quantitative estimate of drug-likeness (QED) is 0.884. The van der Waals surface area contributed by atoms with Gasteiger partial charge in [0.05, 0.1) is 6.10 Å². The van der Waals surface area contributed by atoms with Crippen LogP contribution in [0.4, 0.5) is 5.69 Å². The summed E-state index contributed by atoms with van der Waals surface area (Å²) in [6, 6.07) is 5.82. The van der Waals surface area contributed by atoms with Crippen LogP contribution in [-0.2, 0) is 16.1 Å². The summed E-state index contributed by atoms with van der Waals surface area (Å²) in [6.45, 7) is 3.14. The molecule has 0 aliphatic carbocycles. The molecule has 1 unspecified atom stereocenters. The van der Waals surface area contributed by atoms with Crippen molar-refractivity contribution in [2.24, 2.45) is 0 Å². The Kier molecular flexibility index (Phi) is 7.15. The van der Waals surface area contributed by atoms with Gasteiger partial charge in [-0.3, -0.25) is 4.79 Å². The molecule has 1 saturated heterocycles. The average molecular weight is 341 g/mol. The minimum Gasteiger partial charge on any atom is -0.492 e. The monoisotopic (exact) mass is 340 g/mol. The number of hydrogen-bond acceptors (Lipinski definition) is 4. The number of rotatable bonds is 4. The van der Waals surface area contributed by atoms with Gasteiger partial charge in [0.25, 0.3) is 0 Å². The van der Waals surface area contributed by atoms with Crippen LogP contribution in [0.25, 0.3) is 0 Å². The van der Waals surface area contributed by atoms with Crippen molar-refractivity contribution in [2.45, 2.75) is 44.8 Å². The highest BCUT2D eigenvalue weighted by Gasteiger charge is 2.16. The largest absolute Gasteiger partial charge is 0.492 e. The summed E-state index contributed by atoms with van der Waals surface area (Å²) in [4.78, 5) is 12.1. The summed E-state index contributed by atoms with van der Waals surface area (Å²) < 4.78 is 11.3. The highest BCUT2D eigenvalue weighted by atomic mass is 35.5. The minimum absolute atomic E-state index is 0. The van der Waals surface area contributed by atoms with Crippen LogP contribution < -0.4 is 15.4 Å². The molecular weight excluding hydrogens is 316 g/mol. The van der Waals surface area contributed by atoms with E-state index in [2.05, 4.69) is 10.6 Å². The molecule has 1 aromatic rings. The molecule has 3 rings (SSSR count). The van der Waals surface area contributed by atoms with Crippen molar-refractivity contribution >= 4 is 24.0 Å².